The van der Waals surface area contributed by atoms with E-state index in [1.807, 2.05) is 41.0 Å². The minimum atomic E-state index is -0.410. The molecule has 0 aliphatic heterocycles. The van der Waals surface area contributed by atoms with Crippen LogP contribution in [0.5, 0.6) is 0 Å². The first-order valence-corrected chi connectivity index (χ1v) is 10.1. The van der Waals surface area contributed by atoms with Crippen LogP contribution in [0.4, 0.5) is 0 Å². The van der Waals surface area contributed by atoms with Crippen molar-refractivity contribution in [3.05, 3.63) is 70.5 Å². The van der Waals surface area contributed by atoms with Crippen molar-refractivity contribution >= 4 is 32.8 Å². The molecule has 0 aliphatic rings. The summed E-state index contributed by atoms with van der Waals surface area (Å²) in [5.74, 6) is -0.410. The van der Waals surface area contributed by atoms with E-state index in [4.69, 9.17) is 4.74 Å². The first-order valence-electron chi connectivity index (χ1n) is 9.03. The number of rotatable bonds is 7. The molecule has 3 aromatic rings. The van der Waals surface area contributed by atoms with E-state index in [0.29, 0.717) is 17.7 Å². The number of halogens is 1. The number of carbonyl (C=O) groups excluding carboxylic acids is 1. The highest BCUT2D eigenvalue weighted by Crippen LogP contribution is 2.23. The monoisotopic (exact) mass is 427 g/mol. The number of aryl methyl sites for hydroxylation is 1. The fraction of sp³-hybridized carbons (Fsp3) is 0.273. The lowest BCUT2D eigenvalue weighted by Crippen LogP contribution is -2.22. The summed E-state index contributed by atoms with van der Waals surface area (Å²) >= 11 is 3.45. The van der Waals surface area contributed by atoms with Crippen LogP contribution in [0, 0.1) is 0 Å². The summed E-state index contributed by atoms with van der Waals surface area (Å²) in [5, 5.41) is 1.99. The molecule has 0 unspecified atom stereocenters. The van der Waals surface area contributed by atoms with Crippen molar-refractivity contribution < 1.29 is 9.53 Å². The van der Waals surface area contributed by atoms with E-state index in [0.717, 1.165) is 41.1 Å². The number of hydrogen-bond acceptors (Lipinski definition) is 3. The zero-order valence-electron chi connectivity index (χ0n) is 15.3. The maximum absolute atomic E-state index is 13.2. The fourth-order valence-electron chi connectivity index (χ4n) is 3.23. The Kier molecular flexibility index (Phi) is 6.45. The van der Waals surface area contributed by atoms with Crippen LogP contribution in [-0.4, -0.2) is 23.0 Å². The van der Waals surface area contributed by atoms with Gasteiger partial charge < -0.3 is 9.30 Å². The van der Waals surface area contributed by atoms with Gasteiger partial charge in [0.1, 0.15) is 0 Å². The van der Waals surface area contributed by atoms with Crippen molar-refractivity contribution in [3.8, 4) is 11.1 Å². The Morgan fingerprint density at radius 1 is 1.04 bits per heavy atom. The number of unbranched alkanes of at least 4 members (excludes halogenated alkanes) is 2. The van der Waals surface area contributed by atoms with Crippen LogP contribution in [0.2, 0.25) is 0 Å². The normalized spacial score (nSPS) is 10.9. The topological polar surface area (TPSA) is 48.3 Å². The number of nitrogens with zero attached hydrogens (tertiary/aromatic N) is 1. The number of carbonyl (C=O) groups is 1. The average Bonchev–Trinajstić information content (AvgIpc) is 2.71. The van der Waals surface area contributed by atoms with Gasteiger partial charge >= 0.3 is 5.97 Å². The van der Waals surface area contributed by atoms with Crippen molar-refractivity contribution in [3.63, 3.8) is 0 Å². The molecule has 0 amide bonds. The number of aromatic nitrogens is 1. The molecule has 4 nitrogen and oxygen atoms in total. The van der Waals surface area contributed by atoms with Crippen LogP contribution >= 0.6 is 15.9 Å². The van der Waals surface area contributed by atoms with Crippen LogP contribution in [-0.2, 0) is 11.3 Å². The third kappa shape index (κ3) is 4.30. The molecule has 5 heteroatoms. The number of esters is 1. The van der Waals surface area contributed by atoms with E-state index in [2.05, 4.69) is 15.9 Å². The van der Waals surface area contributed by atoms with Crippen LogP contribution in [0.1, 0.15) is 29.6 Å². The Labute approximate surface area is 166 Å². The van der Waals surface area contributed by atoms with Gasteiger partial charge in [-0.2, -0.15) is 0 Å². The second-order valence-electron chi connectivity index (χ2n) is 6.40. The van der Waals surface area contributed by atoms with E-state index in [1.54, 1.807) is 18.2 Å². The van der Waals surface area contributed by atoms with Crippen molar-refractivity contribution in [2.24, 2.45) is 0 Å². The molecule has 27 heavy (non-hydrogen) atoms. The molecule has 3 rings (SSSR count). The SMILES string of the molecule is COC(=O)c1cccc(-c2cc3ccccc3n(CCCCCBr)c2=O)c1. The van der Waals surface area contributed by atoms with Gasteiger partial charge in [-0.1, -0.05) is 52.7 Å². The number of alkyl halides is 1. The molecule has 1 heterocycles. The zero-order valence-corrected chi connectivity index (χ0v) is 16.9. The molecule has 1 aromatic heterocycles. The summed E-state index contributed by atoms with van der Waals surface area (Å²) in [6, 6.07) is 16.9. The lowest BCUT2D eigenvalue weighted by atomic mass is 10.0. The van der Waals surface area contributed by atoms with Gasteiger partial charge in [0.25, 0.3) is 5.56 Å². The lowest BCUT2D eigenvalue weighted by molar-refractivity contribution is 0.0601. The molecule has 140 valence electrons. The summed E-state index contributed by atoms with van der Waals surface area (Å²) in [7, 11) is 1.35. The Morgan fingerprint density at radius 2 is 1.85 bits per heavy atom. The van der Waals surface area contributed by atoms with E-state index in [-0.39, 0.29) is 5.56 Å². The number of pyridine rings is 1. The summed E-state index contributed by atoms with van der Waals surface area (Å²) in [6.07, 6.45) is 3.10. The number of ether oxygens (including phenoxy) is 1. The molecule has 0 radical (unpaired) electrons. The van der Waals surface area contributed by atoms with Crippen LogP contribution in [0.15, 0.2) is 59.4 Å². The van der Waals surface area contributed by atoms with Gasteiger partial charge in [0.2, 0.25) is 0 Å². The zero-order chi connectivity index (χ0) is 19.2. The maximum Gasteiger partial charge on any atom is 0.337 e. The molecule has 0 fully saturated rings. The molecule has 2 aromatic carbocycles. The summed E-state index contributed by atoms with van der Waals surface area (Å²) in [5.41, 5.74) is 2.66. The predicted molar refractivity (Wildman–Crippen MR) is 113 cm³/mol. The first-order chi connectivity index (χ1) is 13.2. The van der Waals surface area contributed by atoms with Gasteiger partial charge in [-0.05, 0) is 48.1 Å². The van der Waals surface area contributed by atoms with Gasteiger partial charge in [0.15, 0.2) is 0 Å². The second-order valence-corrected chi connectivity index (χ2v) is 7.19. The summed E-state index contributed by atoms with van der Waals surface area (Å²) < 4.78 is 6.65. The minimum Gasteiger partial charge on any atom is -0.465 e. The number of benzene rings is 2. The van der Waals surface area contributed by atoms with Crippen molar-refractivity contribution in [1.29, 1.82) is 0 Å². The average molecular weight is 428 g/mol. The standard InChI is InChI=1S/C22H22BrNO3/c1-27-22(26)18-10-7-9-16(14-18)19-15-17-8-3-4-11-20(17)24(21(19)25)13-6-2-5-12-23/h3-4,7-11,14-15H,2,5-6,12-13H2,1H3. The molecule has 0 atom stereocenters. The highest BCUT2D eigenvalue weighted by molar-refractivity contribution is 9.09. The van der Waals surface area contributed by atoms with Gasteiger partial charge in [-0.15, -0.1) is 0 Å². The highest BCUT2D eigenvalue weighted by Gasteiger charge is 2.13. The molecule has 0 N–H and O–H groups in total. The van der Waals surface area contributed by atoms with Crippen LogP contribution < -0.4 is 5.56 Å². The van der Waals surface area contributed by atoms with Crippen molar-refractivity contribution in [1.82, 2.24) is 4.57 Å². The molecular formula is C22H22BrNO3. The van der Waals surface area contributed by atoms with Crippen molar-refractivity contribution in [2.45, 2.75) is 25.8 Å². The third-order valence-corrected chi connectivity index (χ3v) is 5.17. The largest absolute Gasteiger partial charge is 0.465 e. The number of para-hydroxylation sites is 1. The Morgan fingerprint density at radius 3 is 2.63 bits per heavy atom. The van der Waals surface area contributed by atoms with Gasteiger partial charge in [0, 0.05) is 17.4 Å². The minimum absolute atomic E-state index is 0.0328. The summed E-state index contributed by atoms with van der Waals surface area (Å²) in [6.45, 7) is 0.677. The molecule has 0 saturated heterocycles. The second kappa shape index (κ2) is 9.00. The molecule has 0 spiro atoms. The predicted octanol–water partition coefficient (Wildman–Crippen LogP) is 5.02. The quantitative estimate of drug-likeness (QED) is 0.302. The highest BCUT2D eigenvalue weighted by atomic mass is 79.9. The number of methoxy groups -OCH3 is 1. The lowest BCUT2D eigenvalue weighted by Gasteiger charge is -2.13. The summed E-state index contributed by atoms with van der Waals surface area (Å²) in [4.78, 5) is 25.1. The van der Waals surface area contributed by atoms with E-state index in [1.165, 1.54) is 7.11 Å². The number of hydrogen-bond donors (Lipinski definition) is 0. The maximum atomic E-state index is 13.2. The van der Waals surface area contributed by atoms with E-state index >= 15 is 0 Å². The Bertz CT molecular complexity index is 1010. The van der Waals surface area contributed by atoms with Crippen LogP contribution in [0.25, 0.3) is 22.0 Å². The van der Waals surface area contributed by atoms with Gasteiger partial charge in [-0.3, -0.25) is 4.79 Å². The third-order valence-electron chi connectivity index (χ3n) is 4.61. The van der Waals surface area contributed by atoms with Gasteiger partial charge in [-0.25, -0.2) is 4.79 Å². The van der Waals surface area contributed by atoms with E-state index in [9.17, 15) is 9.59 Å². The van der Waals surface area contributed by atoms with Gasteiger partial charge in [0.05, 0.1) is 18.2 Å². The fourth-order valence-corrected chi connectivity index (χ4v) is 3.63. The molecular weight excluding hydrogens is 406 g/mol. The van der Waals surface area contributed by atoms with Crippen LogP contribution in [0.3, 0.4) is 0 Å². The first kappa shape index (κ1) is 19.4. The van der Waals surface area contributed by atoms with E-state index < -0.39 is 5.97 Å². The molecule has 0 saturated carbocycles. The number of fused-ring (bicyclic) bond motifs is 1. The molecule has 0 aliphatic carbocycles. The van der Waals surface area contributed by atoms with Crippen molar-refractivity contribution in [2.75, 3.05) is 12.4 Å². The Balaban J connectivity index is 2.10. The Hall–Kier alpha value is -2.40. The smallest absolute Gasteiger partial charge is 0.337 e. The molecule has 0 bridgehead atoms.